The van der Waals surface area contributed by atoms with Gasteiger partial charge in [0.25, 0.3) is 5.91 Å². The van der Waals surface area contributed by atoms with Crippen molar-refractivity contribution in [1.82, 2.24) is 10.6 Å². The Labute approximate surface area is 421 Å². The maximum Gasteiger partial charge on any atom is 0.350 e. The van der Waals surface area contributed by atoms with E-state index in [1.807, 2.05) is 0 Å². The number of rotatable bonds is 17. The predicted octanol–water partition coefficient (Wildman–Crippen LogP) is 3.77. The number of esters is 5. The second-order valence-electron chi connectivity index (χ2n) is 19.7. The van der Waals surface area contributed by atoms with Crippen molar-refractivity contribution in [2.24, 2.45) is 16.7 Å². The summed E-state index contributed by atoms with van der Waals surface area (Å²) in [5.41, 5.74) is -7.79. The molecule has 7 rings (SSSR count). The number of fused-ring (bicyclic) bond motifs is 5. The van der Waals surface area contributed by atoms with Crippen LogP contribution in [-0.2, 0) is 62.0 Å². The van der Waals surface area contributed by atoms with Gasteiger partial charge in [-0.05, 0) is 61.2 Å². The number of unbranched alkanes of at least 4 members (excludes halogenated alkanes) is 1. The number of Topliss-reactive ketones (excluding diaryl/α,β-unsaturated/α-hetero) is 1. The molecule has 19 heteroatoms. The van der Waals surface area contributed by atoms with Gasteiger partial charge in [-0.1, -0.05) is 80.6 Å². The maximum absolute atomic E-state index is 15.7. The number of aldehydes is 1. The van der Waals surface area contributed by atoms with Crippen LogP contribution in [0.25, 0.3) is 0 Å². The zero-order valence-corrected chi connectivity index (χ0v) is 41.3. The van der Waals surface area contributed by atoms with Crippen LogP contribution in [0.15, 0.2) is 102 Å². The Morgan fingerprint density at radius 2 is 1.47 bits per heavy atom. The number of ether oxygens (including phenoxy) is 6. The van der Waals surface area contributed by atoms with Crippen molar-refractivity contribution in [1.29, 1.82) is 0 Å². The molecular formula is C54H60N2O17. The van der Waals surface area contributed by atoms with Crippen LogP contribution < -0.4 is 10.6 Å². The molecule has 1 heterocycles. The van der Waals surface area contributed by atoms with Gasteiger partial charge < -0.3 is 54.1 Å². The third-order valence-corrected chi connectivity index (χ3v) is 14.9. The highest BCUT2D eigenvalue weighted by Gasteiger charge is 2.78. The molecule has 0 aromatic heterocycles. The van der Waals surface area contributed by atoms with Crippen LogP contribution in [0.5, 0.6) is 0 Å². The van der Waals surface area contributed by atoms with Crippen molar-refractivity contribution < 1.29 is 81.8 Å². The highest BCUT2D eigenvalue weighted by molar-refractivity contribution is 5.96. The first-order valence-electron chi connectivity index (χ1n) is 24.0. The van der Waals surface area contributed by atoms with Gasteiger partial charge in [0.1, 0.15) is 42.8 Å². The second-order valence-corrected chi connectivity index (χ2v) is 19.7. The standard InChI is InChI=1S/C54H60N2O17/c1-30-36(70-50(66)44(71-40(62)28-55-39(61)24-16-17-25-57)42(33-18-10-7-11-19-33)56-48(64)34-20-12-8-13-21-34)27-54(67)47(72-49(65)35-22-14-9-15-23-35)45-52(6,37(60)26-38-53(45,29-68-38)73-32(3)59)46(63)43(69-31(2)58)41(30)51(54,4)5/h7-15,18-23,25,36-38,42-45,47,60,67H,16-17,24,26-29H2,1-6H3,(H,55,61)(H,56,64)/t36-,37-,38+,42-,43+,44+,45-,47-,52+,53-,54+/m0/s1. The fraction of sp³-hybridized carbons (Fsp3) is 0.463. The third kappa shape index (κ3) is 10.3. The van der Waals surface area contributed by atoms with Crippen LogP contribution in [0.2, 0.25) is 0 Å². The molecule has 19 nitrogen and oxygen atoms in total. The van der Waals surface area contributed by atoms with Crippen molar-refractivity contribution in [2.45, 2.75) is 128 Å². The Morgan fingerprint density at radius 1 is 0.849 bits per heavy atom. The molecule has 4 aliphatic rings. The number of hydrogen-bond acceptors (Lipinski definition) is 17. The zero-order valence-electron chi connectivity index (χ0n) is 41.3. The Bertz CT molecular complexity index is 2660. The van der Waals surface area contributed by atoms with Gasteiger partial charge in [-0.15, -0.1) is 0 Å². The quantitative estimate of drug-likeness (QED) is 0.0493. The van der Waals surface area contributed by atoms with Gasteiger partial charge in [-0.2, -0.15) is 0 Å². The zero-order chi connectivity index (χ0) is 53.0. The van der Waals surface area contributed by atoms with Gasteiger partial charge >= 0.3 is 29.8 Å². The Morgan fingerprint density at radius 3 is 2.04 bits per heavy atom. The lowest BCUT2D eigenvalue weighted by Gasteiger charge is -2.67. The minimum absolute atomic E-state index is 0.0214. The van der Waals surface area contributed by atoms with E-state index in [9.17, 15) is 43.8 Å². The van der Waals surface area contributed by atoms with Crippen LogP contribution in [0.1, 0.15) is 106 Å². The SMILES string of the molecule is CC(=O)O[C@H]1C(=O)[C@@]2(C)[C@H]([C@H](OC(=O)c3ccccc3)[C@]3(O)C[C@H](OC(=O)[C@H](OC(=O)CNC(=O)CCCC=O)[C@@H](NC(=O)c4ccccc4)c4ccccc4)C(C)=C1C3(C)C)[C@]1(OC(C)=O)CO[C@@H]1C[C@@H]2O. The number of benzene rings is 3. The normalized spacial score (nSPS) is 28.6. The average molecular weight is 1010 g/mol. The molecule has 2 bridgehead atoms. The van der Waals surface area contributed by atoms with Gasteiger partial charge in [-0.3, -0.25) is 28.8 Å². The Kier molecular flexibility index (Phi) is 15.9. The first-order valence-corrected chi connectivity index (χ1v) is 24.0. The number of ketones is 1. The molecule has 4 N–H and O–H groups in total. The van der Waals surface area contributed by atoms with E-state index in [2.05, 4.69) is 10.6 Å². The molecular weight excluding hydrogens is 949 g/mol. The third-order valence-electron chi connectivity index (χ3n) is 14.9. The summed E-state index contributed by atoms with van der Waals surface area (Å²) in [6, 6.07) is 22.2. The maximum atomic E-state index is 15.7. The smallest absolute Gasteiger partial charge is 0.350 e. The molecule has 11 atom stereocenters. The summed E-state index contributed by atoms with van der Waals surface area (Å²) in [6.07, 6.45) is -10.3. The topological polar surface area (TPSA) is 274 Å². The highest BCUT2D eigenvalue weighted by Crippen LogP contribution is 2.64. The number of aliphatic hydroxyl groups is 2. The monoisotopic (exact) mass is 1010 g/mol. The predicted molar refractivity (Wildman–Crippen MR) is 254 cm³/mol. The van der Waals surface area contributed by atoms with E-state index in [-0.39, 0.29) is 60.1 Å². The van der Waals surface area contributed by atoms with Crippen molar-refractivity contribution in [3.63, 3.8) is 0 Å². The van der Waals surface area contributed by atoms with Gasteiger partial charge in [0, 0.05) is 50.5 Å². The summed E-state index contributed by atoms with van der Waals surface area (Å²) in [5.74, 6) is -9.03. The molecule has 1 saturated heterocycles. The lowest BCUT2D eigenvalue weighted by Crippen LogP contribution is -2.82. The van der Waals surface area contributed by atoms with Crippen molar-refractivity contribution in [2.75, 3.05) is 13.2 Å². The summed E-state index contributed by atoms with van der Waals surface area (Å²) in [6.45, 7) is 6.96. The summed E-state index contributed by atoms with van der Waals surface area (Å²) < 4.78 is 36.6. The van der Waals surface area contributed by atoms with Gasteiger partial charge in [0.2, 0.25) is 12.0 Å². The fourth-order valence-corrected chi connectivity index (χ4v) is 11.1. The van der Waals surface area contributed by atoms with Crippen LogP contribution in [0, 0.1) is 16.7 Å². The number of aliphatic hydroxyl groups excluding tert-OH is 1. The molecule has 3 aromatic carbocycles. The molecule has 0 spiro atoms. The van der Waals surface area contributed by atoms with Crippen molar-refractivity contribution in [3.8, 4) is 0 Å². The van der Waals surface area contributed by atoms with E-state index < -0.39 is 131 Å². The average Bonchev–Trinajstić information content (AvgIpc) is 3.35. The summed E-state index contributed by atoms with van der Waals surface area (Å²) in [5, 5.41) is 31.3. The van der Waals surface area contributed by atoms with Crippen LogP contribution >= 0.6 is 0 Å². The number of carbonyl (C=O) groups excluding carboxylic acids is 9. The number of amides is 2. The van der Waals surface area contributed by atoms with Gasteiger partial charge in [-0.25, -0.2) is 9.59 Å². The van der Waals surface area contributed by atoms with Crippen LogP contribution in [0.3, 0.4) is 0 Å². The van der Waals surface area contributed by atoms with E-state index in [0.29, 0.717) is 6.29 Å². The van der Waals surface area contributed by atoms with E-state index in [1.54, 1.807) is 66.7 Å². The Hall–Kier alpha value is -7.09. The first-order chi connectivity index (χ1) is 34.6. The number of hydrogen-bond donors (Lipinski definition) is 4. The van der Waals surface area contributed by atoms with Crippen LogP contribution in [-0.4, -0.2) is 125 Å². The lowest BCUT2D eigenvalue weighted by atomic mass is 9.44. The van der Waals surface area contributed by atoms with Gasteiger partial charge in [0.15, 0.2) is 17.5 Å². The number of carbonyl (C=O) groups is 9. The molecule has 2 amide bonds. The molecule has 0 radical (unpaired) electrons. The minimum Gasteiger partial charge on any atom is -0.455 e. The van der Waals surface area contributed by atoms with Crippen molar-refractivity contribution in [3.05, 3.63) is 119 Å². The fourth-order valence-electron chi connectivity index (χ4n) is 11.1. The van der Waals surface area contributed by atoms with Crippen LogP contribution in [0.4, 0.5) is 0 Å². The molecule has 0 unspecified atom stereocenters. The molecule has 3 aromatic rings. The van der Waals surface area contributed by atoms with E-state index in [4.69, 9.17) is 28.4 Å². The lowest BCUT2D eigenvalue weighted by molar-refractivity contribution is -0.346. The van der Waals surface area contributed by atoms with Gasteiger partial charge in [0.05, 0.1) is 29.6 Å². The highest BCUT2D eigenvalue weighted by atomic mass is 16.6. The molecule has 3 fully saturated rings. The van der Waals surface area contributed by atoms with Crippen molar-refractivity contribution >= 4 is 53.7 Å². The molecule has 2 saturated carbocycles. The van der Waals surface area contributed by atoms with E-state index in [1.165, 1.54) is 52.0 Å². The molecule has 73 heavy (non-hydrogen) atoms. The second kappa shape index (κ2) is 21.6. The Balaban J connectivity index is 1.39. The van der Waals surface area contributed by atoms with E-state index in [0.717, 1.165) is 13.8 Å². The summed E-state index contributed by atoms with van der Waals surface area (Å²) in [7, 11) is 0. The first kappa shape index (κ1) is 53.7. The molecule has 388 valence electrons. The largest absolute Gasteiger partial charge is 0.455 e. The minimum atomic E-state index is -2.51. The molecule has 3 aliphatic carbocycles. The summed E-state index contributed by atoms with van der Waals surface area (Å²) in [4.78, 5) is 123. The van der Waals surface area contributed by atoms with E-state index >= 15 is 9.59 Å². The number of nitrogens with one attached hydrogen (secondary N) is 2. The molecule has 1 aliphatic heterocycles. The summed E-state index contributed by atoms with van der Waals surface area (Å²) >= 11 is 0.